The van der Waals surface area contributed by atoms with Gasteiger partial charge >= 0.3 is 6.18 Å². The first-order valence-electron chi connectivity index (χ1n) is 5.54. The summed E-state index contributed by atoms with van der Waals surface area (Å²) in [5.74, 6) is 0. The van der Waals surface area contributed by atoms with Crippen LogP contribution in [0.5, 0.6) is 0 Å². The van der Waals surface area contributed by atoms with Crippen molar-refractivity contribution in [2.75, 3.05) is 39.9 Å². The molecule has 1 N–H and O–H groups in total. The van der Waals surface area contributed by atoms with E-state index in [-0.39, 0.29) is 6.61 Å². The Morgan fingerprint density at radius 3 is 2.75 bits per heavy atom. The largest absolute Gasteiger partial charge is 0.411 e. The lowest BCUT2D eigenvalue weighted by molar-refractivity contribution is -0.173. The van der Waals surface area contributed by atoms with E-state index in [1.54, 1.807) is 0 Å². The molecule has 0 radical (unpaired) electrons. The third-order valence-electron chi connectivity index (χ3n) is 2.56. The molecule has 0 amide bonds. The summed E-state index contributed by atoms with van der Waals surface area (Å²) in [6.45, 7) is 1.84. The van der Waals surface area contributed by atoms with Crippen LogP contribution >= 0.6 is 0 Å². The van der Waals surface area contributed by atoms with Gasteiger partial charge in [-0.25, -0.2) is 0 Å². The first-order valence-corrected chi connectivity index (χ1v) is 5.54. The van der Waals surface area contributed by atoms with E-state index in [0.717, 1.165) is 26.1 Å². The number of likely N-dealkylation sites (tertiary alicyclic amines) is 1. The van der Waals surface area contributed by atoms with Gasteiger partial charge in [-0.2, -0.15) is 13.2 Å². The fourth-order valence-electron chi connectivity index (χ4n) is 1.77. The molecule has 1 atom stereocenters. The Morgan fingerprint density at radius 1 is 1.44 bits per heavy atom. The molecule has 1 fully saturated rings. The Hall–Kier alpha value is -0.330. The average molecular weight is 240 g/mol. The fraction of sp³-hybridized carbons (Fsp3) is 1.00. The monoisotopic (exact) mass is 240 g/mol. The number of rotatable bonds is 6. The maximum absolute atomic E-state index is 11.7. The summed E-state index contributed by atoms with van der Waals surface area (Å²) < 4.78 is 39.6. The maximum atomic E-state index is 11.7. The Balaban J connectivity index is 1.89. The number of likely N-dealkylation sites (N-methyl/N-ethyl adjacent to an activating group) is 1. The van der Waals surface area contributed by atoms with Crippen molar-refractivity contribution in [3.63, 3.8) is 0 Å². The molecule has 6 heteroatoms. The SMILES string of the molecule is CN1CCC(NCCCOCC(F)(F)F)C1. The van der Waals surface area contributed by atoms with Crippen LogP contribution < -0.4 is 5.32 Å². The van der Waals surface area contributed by atoms with Gasteiger partial charge in [0.15, 0.2) is 0 Å². The van der Waals surface area contributed by atoms with E-state index in [1.165, 1.54) is 0 Å². The third kappa shape index (κ3) is 6.30. The summed E-state index contributed by atoms with van der Waals surface area (Å²) in [5, 5.41) is 3.31. The molecule has 1 saturated heterocycles. The molecule has 1 rings (SSSR count). The van der Waals surface area contributed by atoms with Gasteiger partial charge in [-0.05, 0) is 33.0 Å². The second-order valence-electron chi connectivity index (χ2n) is 4.22. The quantitative estimate of drug-likeness (QED) is 0.707. The number of ether oxygens (including phenoxy) is 1. The molecule has 0 spiro atoms. The van der Waals surface area contributed by atoms with Crippen LogP contribution in [0.2, 0.25) is 0 Å². The van der Waals surface area contributed by atoms with Gasteiger partial charge in [-0.15, -0.1) is 0 Å². The predicted molar refractivity (Wildman–Crippen MR) is 55.4 cm³/mol. The van der Waals surface area contributed by atoms with Crippen molar-refractivity contribution in [1.29, 1.82) is 0 Å². The van der Waals surface area contributed by atoms with Crippen molar-refractivity contribution in [3.05, 3.63) is 0 Å². The zero-order valence-corrected chi connectivity index (χ0v) is 9.52. The molecule has 3 nitrogen and oxygen atoms in total. The van der Waals surface area contributed by atoms with Gasteiger partial charge in [0.1, 0.15) is 6.61 Å². The lowest BCUT2D eigenvalue weighted by Gasteiger charge is -2.13. The first-order chi connectivity index (χ1) is 7.47. The van der Waals surface area contributed by atoms with Crippen LogP contribution in [-0.2, 0) is 4.74 Å². The van der Waals surface area contributed by atoms with Crippen molar-refractivity contribution in [1.82, 2.24) is 10.2 Å². The Kier molecular flexibility index (Phi) is 5.51. The summed E-state index contributed by atoms with van der Waals surface area (Å²) in [7, 11) is 2.06. The number of nitrogens with one attached hydrogen (secondary N) is 1. The number of alkyl halides is 3. The van der Waals surface area contributed by atoms with Crippen molar-refractivity contribution in [2.45, 2.75) is 25.1 Å². The van der Waals surface area contributed by atoms with Crippen LogP contribution in [0.4, 0.5) is 13.2 Å². The summed E-state index contributed by atoms with van der Waals surface area (Å²) in [5.41, 5.74) is 0. The normalized spacial score (nSPS) is 22.9. The topological polar surface area (TPSA) is 24.5 Å². The summed E-state index contributed by atoms with van der Waals surface area (Å²) in [4.78, 5) is 2.23. The average Bonchev–Trinajstić information content (AvgIpc) is 2.56. The van der Waals surface area contributed by atoms with Gasteiger partial charge < -0.3 is 15.0 Å². The van der Waals surface area contributed by atoms with E-state index in [2.05, 4.69) is 22.0 Å². The summed E-state index contributed by atoms with van der Waals surface area (Å²) >= 11 is 0. The highest BCUT2D eigenvalue weighted by molar-refractivity contribution is 4.78. The summed E-state index contributed by atoms with van der Waals surface area (Å²) in [6, 6.07) is 0.479. The van der Waals surface area contributed by atoms with Crippen molar-refractivity contribution in [3.8, 4) is 0 Å². The lowest BCUT2D eigenvalue weighted by atomic mass is 10.2. The summed E-state index contributed by atoms with van der Waals surface area (Å²) in [6.07, 6.45) is -2.47. The predicted octanol–water partition coefficient (Wildman–Crippen LogP) is 1.25. The van der Waals surface area contributed by atoms with Crippen molar-refractivity contribution < 1.29 is 17.9 Å². The third-order valence-corrected chi connectivity index (χ3v) is 2.56. The highest BCUT2D eigenvalue weighted by atomic mass is 19.4. The highest BCUT2D eigenvalue weighted by Crippen LogP contribution is 2.14. The molecule has 0 aromatic heterocycles. The van der Waals surface area contributed by atoms with Gasteiger partial charge in [0.2, 0.25) is 0 Å². The van der Waals surface area contributed by atoms with E-state index in [0.29, 0.717) is 12.5 Å². The second kappa shape index (κ2) is 6.42. The van der Waals surface area contributed by atoms with Crippen LogP contribution in [0.3, 0.4) is 0 Å². The molecule has 1 unspecified atom stereocenters. The zero-order chi connectivity index (χ0) is 12.0. The van der Waals surface area contributed by atoms with Gasteiger partial charge in [0.05, 0.1) is 0 Å². The number of halogens is 3. The smallest absolute Gasteiger partial charge is 0.372 e. The molecule has 1 heterocycles. The Bertz CT molecular complexity index is 199. The minimum absolute atomic E-state index is 0.162. The van der Waals surface area contributed by atoms with E-state index >= 15 is 0 Å². The molecule has 16 heavy (non-hydrogen) atoms. The van der Waals surface area contributed by atoms with Gasteiger partial charge in [0.25, 0.3) is 0 Å². The minimum atomic E-state index is -4.21. The van der Waals surface area contributed by atoms with Crippen LogP contribution in [0.15, 0.2) is 0 Å². The zero-order valence-electron chi connectivity index (χ0n) is 9.52. The van der Waals surface area contributed by atoms with E-state index in [1.807, 2.05) is 0 Å². The lowest BCUT2D eigenvalue weighted by Crippen LogP contribution is -2.32. The molecule has 0 aromatic carbocycles. The molecule has 0 saturated carbocycles. The van der Waals surface area contributed by atoms with Gasteiger partial charge in [0, 0.05) is 19.2 Å². The standard InChI is InChI=1S/C10H19F3N2O/c1-15-5-3-9(7-15)14-4-2-6-16-8-10(11,12)13/h9,14H,2-8H2,1H3. The highest BCUT2D eigenvalue weighted by Gasteiger charge is 2.27. The van der Waals surface area contributed by atoms with E-state index in [9.17, 15) is 13.2 Å². The van der Waals surface area contributed by atoms with Crippen molar-refractivity contribution in [2.24, 2.45) is 0 Å². The molecule has 1 aliphatic rings. The molecule has 0 aliphatic carbocycles. The Morgan fingerprint density at radius 2 is 2.19 bits per heavy atom. The molecular formula is C10H19F3N2O. The molecule has 0 aromatic rings. The maximum Gasteiger partial charge on any atom is 0.411 e. The molecule has 1 aliphatic heterocycles. The minimum Gasteiger partial charge on any atom is -0.372 e. The van der Waals surface area contributed by atoms with Crippen molar-refractivity contribution >= 4 is 0 Å². The molecule has 96 valence electrons. The molecule has 0 bridgehead atoms. The van der Waals surface area contributed by atoms with Crippen LogP contribution in [-0.4, -0.2) is 57.0 Å². The molecular weight excluding hydrogens is 221 g/mol. The van der Waals surface area contributed by atoms with Crippen LogP contribution in [0, 0.1) is 0 Å². The van der Waals surface area contributed by atoms with Gasteiger partial charge in [-0.3, -0.25) is 0 Å². The van der Waals surface area contributed by atoms with Crippen LogP contribution in [0.1, 0.15) is 12.8 Å². The number of hydrogen-bond donors (Lipinski definition) is 1. The van der Waals surface area contributed by atoms with E-state index in [4.69, 9.17) is 0 Å². The van der Waals surface area contributed by atoms with Gasteiger partial charge in [-0.1, -0.05) is 0 Å². The number of hydrogen-bond acceptors (Lipinski definition) is 3. The fourth-order valence-corrected chi connectivity index (χ4v) is 1.77. The number of nitrogens with zero attached hydrogens (tertiary/aromatic N) is 1. The first kappa shape index (κ1) is 13.7. The van der Waals surface area contributed by atoms with E-state index < -0.39 is 12.8 Å². The second-order valence-corrected chi connectivity index (χ2v) is 4.22. The van der Waals surface area contributed by atoms with Crippen LogP contribution in [0.25, 0.3) is 0 Å². The Labute approximate surface area is 93.9 Å².